The molecule has 1 rings (SSSR count). The van der Waals surface area contributed by atoms with Crippen LogP contribution in [0.2, 0.25) is 0 Å². The Morgan fingerprint density at radius 2 is 2.06 bits per heavy atom. The third kappa shape index (κ3) is 3.84. The molecule has 3 N–H and O–H groups in total. The zero-order valence-corrected chi connectivity index (χ0v) is 10.0. The van der Waals surface area contributed by atoms with Gasteiger partial charge in [-0.05, 0) is 12.1 Å². The molecule has 1 amide bonds. The van der Waals surface area contributed by atoms with Crippen molar-refractivity contribution in [2.75, 3.05) is 12.4 Å². The summed E-state index contributed by atoms with van der Waals surface area (Å²) in [6, 6.07) is 6.53. The minimum Gasteiger partial charge on any atom is -0.465 e. The van der Waals surface area contributed by atoms with Crippen LogP contribution in [0.4, 0.5) is 5.69 Å². The van der Waals surface area contributed by atoms with Crippen molar-refractivity contribution in [2.24, 2.45) is 5.73 Å². The molecule has 0 spiro atoms. The van der Waals surface area contributed by atoms with Crippen LogP contribution in [0.25, 0.3) is 0 Å². The van der Waals surface area contributed by atoms with Crippen molar-refractivity contribution in [3.63, 3.8) is 0 Å². The van der Waals surface area contributed by atoms with Crippen molar-refractivity contribution in [3.05, 3.63) is 29.8 Å². The summed E-state index contributed by atoms with van der Waals surface area (Å²) >= 11 is 4.62. The van der Waals surface area contributed by atoms with E-state index in [0.717, 1.165) is 0 Å². The largest absolute Gasteiger partial charge is 0.465 e. The van der Waals surface area contributed by atoms with E-state index in [1.54, 1.807) is 24.3 Å². The molecule has 0 saturated heterocycles. The van der Waals surface area contributed by atoms with E-state index in [0.29, 0.717) is 5.69 Å². The van der Waals surface area contributed by atoms with Gasteiger partial charge in [0.15, 0.2) is 0 Å². The quantitative estimate of drug-likeness (QED) is 0.619. The lowest BCUT2D eigenvalue weighted by atomic mass is 10.1. The number of para-hydroxylation sites is 1. The van der Waals surface area contributed by atoms with E-state index in [2.05, 4.69) is 22.3 Å². The second-order valence-corrected chi connectivity index (χ2v) is 3.75. The van der Waals surface area contributed by atoms with Crippen molar-refractivity contribution in [3.8, 4) is 0 Å². The lowest BCUT2D eigenvalue weighted by molar-refractivity contribution is -0.115. The Bertz CT molecular complexity index is 460. The average molecular weight is 252 g/mol. The third-order valence-corrected chi connectivity index (χ3v) is 2.09. The molecule has 90 valence electrons. The number of hydrogen-bond donors (Lipinski definition) is 2. The molecule has 0 heterocycles. The normalized spacial score (nSPS) is 9.47. The van der Waals surface area contributed by atoms with Crippen LogP contribution in [0.1, 0.15) is 16.8 Å². The molecule has 1 aromatic rings. The molecule has 0 aliphatic heterocycles. The molecule has 0 radical (unpaired) electrons. The molecule has 0 unspecified atom stereocenters. The van der Waals surface area contributed by atoms with Crippen molar-refractivity contribution in [2.45, 2.75) is 6.42 Å². The monoisotopic (exact) mass is 252 g/mol. The van der Waals surface area contributed by atoms with Crippen molar-refractivity contribution >= 4 is 34.8 Å². The zero-order chi connectivity index (χ0) is 12.8. The lowest BCUT2D eigenvalue weighted by Crippen LogP contribution is -2.21. The van der Waals surface area contributed by atoms with Crippen LogP contribution in [0.5, 0.6) is 0 Å². The predicted octanol–water partition coefficient (Wildman–Crippen LogP) is 1.09. The summed E-state index contributed by atoms with van der Waals surface area (Å²) in [5.74, 6) is -0.884. The number of ether oxygens (including phenoxy) is 1. The van der Waals surface area contributed by atoms with E-state index in [9.17, 15) is 9.59 Å². The van der Waals surface area contributed by atoms with Crippen LogP contribution >= 0.6 is 12.2 Å². The summed E-state index contributed by atoms with van der Waals surface area (Å²) in [6.07, 6.45) is -0.0646. The highest BCUT2D eigenvalue weighted by Crippen LogP contribution is 2.16. The summed E-state index contributed by atoms with van der Waals surface area (Å²) in [7, 11) is 1.27. The number of rotatable bonds is 4. The standard InChI is InChI=1S/C11H12N2O3S/c1-16-11(15)7-4-2-3-5-8(7)13-10(14)6-9(12)17/h2-5H,6H2,1H3,(H2,12,17)(H,13,14). The summed E-state index contributed by atoms with van der Waals surface area (Å²) in [6.45, 7) is 0. The van der Waals surface area contributed by atoms with Gasteiger partial charge >= 0.3 is 5.97 Å². The Kier molecular flexibility index (Phi) is 4.59. The van der Waals surface area contributed by atoms with Gasteiger partial charge in [0.05, 0.1) is 29.8 Å². The fourth-order valence-electron chi connectivity index (χ4n) is 1.23. The van der Waals surface area contributed by atoms with Gasteiger partial charge in [0.2, 0.25) is 5.91 Å². The maximum absolute atomic E-state index is 11.5. The van der Waals surface area contributed by atoms with Crippen LogP contribution in [-0.2, 0) is 9.53 Å². The van der Waals surface area contributed by atoms with Gasteiger partial charge in [-0.1, -0.05) is 24.4 Å². The summed E-state index contributed by atoms with van der Waals surface area (Å²) < 4.78 is 4.60. The smallest absolute Gasteiger partial charge is 0.339 e. The van der Waals surface area contributed by atoms with Gasteiger partial charge in [-0.25, -0.2) is 4.79 Å². The third-order valence-electron chi connectivity index (χ3n) is 1.94. The van der Waals surface area contributed by atoms with Gasteiger partial charge in [-0.15, -0.1) is 0 Å². The van der Waals surface area contributed by atoms with E-state index in [1.807, 2.05) is 0 Å². The molecule has 5 nitrogen and oxygen atoms in total. The highest BCUT2D eigenvalue weighted by atomic mass is 32.1. The first-order chi connectivity index (χ1) is 8.04. The Morgan fingerprint density at radius 3 is 2.65 bits per heavy atom. The lowest BCUT2D eigenvalue weighted by Gasteiger charge is -2.08. The first-order valence-corrected chi connectivity index (χ1v) is 5.21. The highest BCUT2D eigenvalue weighted by molar-refractivity contribution is 7.80. The fraction of sp³-hybridized carbons (Fsp3) is 0.182. The number of carbonyl (C=O) groups excluding carboxylic acids is 2. The van der Waals surface area contributed by atoms with Crippen molar-refractivity contribution in [1.82, 2.24) is 0 Å². The number of nitrogens with two attached hydrogens (primary N) is 1. The topological polar surface area (TPSA) is 81.4 Å². The molecule has 1 aromatic carbocycles. The van der Waals surface area contributed by atoms with Gasteiger partial charge in [0, 0.05) is 0 Å². The number of anilines is 1. The number of amides is 1. The molecule has 0 saturated carbocycles. The van der Waals surface area contributed by atoms with Crippen molar-refractivity contribution < 1.29 is 14.3 Å². The van der Waals surface area contributed by atoms with E-state index in [4.69, 9.17) is 5.73 Å². The van der Waals surface area contributed by atoms with Gasteiger partial charge in [-0.3, -0.25) is 4.79 Å². The van der Waals surface area contributed by atoms with Crippen molar-refractivity contribution in [1.29, 1.82) is 0 Å². The van der Waals surface area contributed by atoms with E-state index in [-0.39, 0.29) is 22.9 Å². The molecular weight excluding hydrogens is 240 g/mol. The van der Waals surface area contributed by atoms with Crippen LogP contribution in [-0.4, -0.2) is 24.0 Å². The van der Waals surface area contributed by atoms with Gasteiger partial charge in [0.1, 0.15) is 0 Å². The molecule has 0 bridgehead atoms. The molecule has 0 aliphatic rings. The van der Waals surface area contributed by atoms with Gasteiger partial charge < -0.3 is 15.8 Å². The minimum atomic E-state index is -0.517. The molecule has 6 heteroatoms. The second-order valence-electron chi connectivity index (χ2n) is 3.23. The highest BCUT2D eigenvalue weighted by Gasteiger charge is 2.13. The summed E-state index contributed by atoms with van der Waals surface area (Å²) in [4.78, 5) is 23.0. The Morgan fingerprint density at radius 1 is 1.41 bits per heavy atom. The predicted molar refractivity (Wildman–Crippen MR) is 67.8 cm³/mol. The first kappa shape index (κ1) is 13.1. The Hall–Kier alpha value is -1.95. The van der Waals surface area contributed by atoms with Crippen LogP contribution < -0.4 is 11.1 Å². The van der Waals surface area contributed by atoms with Crippen LogP contribution in [0.15, 0.2) is 24.3 Å². The van der Waals surface area contributed by atoms with Gasteiger partial charge in [-0.2, -0.15) is 0 Å². The van der Waals surface area contributed by atoms with Crippen LogP contribution in [0, 0.1) is 0 Å². The molecular formula is C11H12N2O3S. The second kappa shape index (κ2) is 5.95. The van der Waals surface area contributed by atoms with E-state index < -0.39 is 5.97 Å². The Labute approximate surface area is 104 Å². The molecule has 0 atom stereocenters. The number of methoxy groups -OCH3 is 1. The number of nitrogens with one attached hydrogen (secondary N) is 1. The molecule has 0 aromatic heterocycles. The van der Waals surface area contributed by atoms with E-state index in [1.165, 1.54) is 7.11 Å². The number of benzene rings is 1. The average Bonchev–Trinajstić information content (AvgIpc) is 2.27. The Balaban J connectivity index is 2.87. The minimum absolute atomic E-state index is 0.0646. The van der Waals surface area contributed by atoms with Gasteiger partial charge in [0.25, 0.3) is 0 Å². The maximum atomic E-state index is 11.5. The fourth-order valence-corrected chi connectivity index (χ4v) is 1.36. The molecule has 0 aliphatic carbocycles. The zero-order valence-electron chi connectivity index (χ0n) is 9.23. The maximum Gasteiger partial charge on any atom is 0.339 e. The number of carbonyl (C=O) groups is 2. The van der Waals surface area contributed by atoms with E-state index >= 15 is 0 Å². The number of esters is 1. The number of thiocarbonyl (C=S) groups is 1. The number of hydrogen-bond acceptors (Lipinski definition) is 4. The SMILES string of the molecule is COC(=O)c1ccccc1NC(=O)CC(N)=S. The molecule has 17 heavy (non-hydrogen) atoms. The molecule has 0 fully saturated rings. The first-order valence-electron chi connectivity index (χ1n) is 4.80. The van der Waals surface area contributed by atoms with Crippen LogP contribution in [0.3, 0.4) is 0 Å². The summed E-state index contributed by atoms with van der Waals surface area (Å²) in [5.41, 5.74) is 5.91. The summed E-state index contributed by atoms with van der Waals surface area (Å²) in [5, 5.41) is 2.55.